The van der Waals surface area contributed by atoms with E-state index in [1.165, 1.54) is 57.8 Å². The summed E-state index contributed by atoms with van der Waals surface area (Å²) in [5, 5.41) is 9.90. The van der Waals surface area contributed by atoms with Crippen molar-refractivity contribution in [1.82, 2.24) is 0 Å². The van der Waals surface area contributed by atoms with Gasteiger partial charge in [0.1, 0.15) is 0 Å². The van der Waals surface area contributed by atoms with Crippen LogP contribution in [-0.2, 0) is 0 Å². The van der Waals surface area contributed by atoms with Crippen LogP contribution in [0.3, 0.4) is 0 Å². The number of fused-ring (bicyclic) bond motifs is 1. The maximum Gasteiger partial charge on any atom is 0.0571 e. The first kappa shape index (κ1) is 10.5. The molecule has 1 nitrogen and oxygen atoms in total. The van der Waals surface area contributed by atoms with E-state index in [0.29, 0.717) is 5.92 Å². The zero-order chi connectivity index (χ0) is 9.80. The summed E-state index contributed by atoms with van der Waals surface area (Å²) >= 11 is 0. The van der Waals surface area contributed by atoms with Gasteiger partial charge in [-0.3, -0.25) is 0 Å². The van der Waals surface area contributed by atoms with Gasteiger partial charge in [0.2, 0.25) is 0 Å². The molecule has 14 heavy (non-hydrogen) atoms. The van der Waals surface area contributed by atoms with Crippen LogP contribution in [0.25, 0.3) is 0 Å². The molecular weight excluding hydrogens is 172 g/mol. The van der Waals surface area contributed by atoms with Crippen molar-refractivity contribution in [2.24, 2.45) is 11.8 Å². The van der Waals surface area contributed by atoms with Crippen LogP contribution in [0.2, 0.25) is 0 Å². The Kier molecular flexibility index (Phi) is 3.86. The van der Waals surface area contributed by atoms with E-state index in [9.17, 15) is 5.11 Å². The van der Waals surface area contributed by atoms with Gasteiger partial charge in [-0.05, 0) is 24.7 Å². The van der Waals surface area contributed by atoms with Crippen molar-refractivity contribution in [2.75, 3.05) is 0 Å². The molecule has 0 radical (unpaired) electrons. The molecule has 0 aliphatic heterocycles. The second kappa shape index (κ2) is 5.16. The minimum absolute atomic E-state index is 0.0411. The van der Waals surface area contributed by atoms with Crippen LogP contribution in [0.1, 0.15) is 64.2 Å². The van der Waals surface area contributed by atoms with Gasteiger partial charge in [0.25, 0.3) is 0 Å². The maximum atomic E-state index is 9.90. The summed E-state index contributed by atoms with van der Waals surface area (Å²) in [6.07, 6.45) is 13.5. The van der Waals surface area contributed by atoms with Gasteiger partial charge in [0.15, 0.2) is 0 Å². The molecule has 2 saturated carbocycles. The molecule has 82 valence electrons. The Labute approximate surface area is 87.9 Å². The van der Waals surface area contributed by atoms with Gasteiger partial charge < -0.3 is 5.11 Å². The van der Waals surface area contributed by atoms with Crippen LogP contribution >= 0.6 is 0 Å². The highest BCUT2D eigenvalue weighted by Crippen LogP contribution is 2.46. The van der Waals surface area contributed by atoms with E-state index in [0.717, 1.165) is 12.3 Å². The Morgan fingerprint density at radius 1 is 0.714 bits per heavy atom. The van der Waals surface area contributed by atoms with E-state index < -0.39 is 0 Å². The fourth-order valence-electron chi connectivity index (χ4n) is 2.93. The van der Waals surface area contributed by atoms with Crippen molar-refractivity contribution in [3.05, 3.63) is 0 Å². The number of hydrogen-bond acceptors (Lipinski definition) is 1. The predicted molar refractivity (Wildman–Crippen MR) is 59.2 cm³/mol. The summed E-state index contributed by atoms with van der Waals surface area (Å²) in [5.41, 5.74) is 0. The van der Waals surface area contributed by atoms with E-state index in [1.54, 1.807) is 0 Å². The lowest BCUT2D eigenvalue weighted by Crippen LogP contribution is -2.10. The minimum Gasteiger partial charge on any atom is -0.393 e. The molecule has 1 heteroatoms. The first-order valence-electron chi connectivity index (χ1n) is 6.56. The van der Waals surface area contributed by atoms with Gasteiger partial charge in [-0.2, -0.15) is 0 Å². The van der Waals surface area contributed by atoms with Crippen molar-refractivity contribution in [1.29, 1.82) is 0 Å². The smallest absolute Gasteiger partial charge is 0.0571 e. The first-order valence-corrected chi connectivity index (χ1v) is 6.56. The van der Waals surface area contributed by atoms with Crippen molar-refractivity contribution in [2.45, 2.75) is 70.3 Å². The van der Waals surface area contributed by atoms with E-state index in [4.69, 9.17) is 0 Å². The highest BCUT2D eigenvalue weighted by molar-refractivity contribution is 4.91. The maximum absolute atomic E-state index is 9.90. The Morgan fingerprint density at radius 2 is 1.29 bits per heavy atom. The van der Waals surface area contributed by atoms with E-state index in [-0.39, 0.29) is 6.10 Å². The Balaban J connectivity index is 1.74. The second-order valence-corrected chi connectivity index (χ2v) is 5.28. The molecule has 0 saturated heterocycles. The van der Waals surface area contributed by atoms with Crippen LogP contribution in [-0.4, -0.2) is 11.2 Å². The van der Waals surface area contributed by atoms with Gasteiger partial charge in [-0.1, -0.05) is 51.4 Å². The summed E-state index contributed by atoms with van der Waals surface area (Å²) < 4.78 is 0. The molecule has 0 heterocycles. The molecule has 2 fully saturated rings. The topological polar surface area (TPSA) is 20.2 Å². The van der Waals surface area contributed by atoms with Crippen molar-refractivity contribution < 1.29 is 5.11 Å². The molecule has 2 aliphatic carbocycles. The third-order valence-electron chi connectivity index (χ3n) is 4.05. The molecule has 0 amide bonds. The van der Waals surface area contributed by atoms with Gasteiger partial charge in [-0.25, -0.2) is 0 Å². The lowest BCUT2D eigenvalue weighted by Gasteiger charge is -2.11. The van der Waals surface area contributed by atoms with E-state index in [1.807, 2.05) is 0 Å². The molecule has 2 rings (SSSR count). The standard InChI is InChI=1S/C13H24O/c14-13-9-7-5-3-1-2-4-6-8-11-10-12(11)13/h11-14H,1-10H2/t11-,12+,13+/m0/s1. The number of aliphatic hydroxyl groups is 1. The number of rotatable bonds is 0. The summed E-state index contributed by atoms with van der Waals surface area (Å²) in [4.78, 5) is 0. The molecule has 0 aromatic carbocycles. The molecule has 2 aliphatic rings. The monoisotopic (exact) mass is 196 g/mol. The Morgan fingerprint density at radius 3 is 2.00 bits per heavy atom. The normalized spacial score (nSPS) is 40.5. The lowest BCUT2D eigenvalue weighted by molar-refractivity contribution is 0.130. The summed E-state index contributed by atoms with van der Waals surface area (Å²) in [6.45, 7) is 0. The highest BCUT2D eigenvalue weighted by Gasteiger charge is 2.40. The molecule has 0 unspecified atom stereocenters. The first-order chi connectivity index (χ1) is 6.88. The predicted octanol–water partition coefficient (Wildman–Crippen LogP) is 3.51. The SMILES string of the molecule is O[C@@H]1CCCCCCCCC[C@H]2C[C@H]21. The zero-order valence-electron chi connectivity index (χ0n) is 9.25. The third kappa shape index (κ3) is 2.98. The zero-order valence-corrected chi connectivity index (χ0v) is 9.25. The quantitative estimate of drug-likeness (QED) is 0.628. The lowest BCUT2D eigenvalue weighted by atomic mass is 10.00. The Bertz CT molecular complexity index is 167. The molecule has 3 atom stereocenters. The third-order valence-corrected chi connectivity index (χ3v) is 4.05. The average molecular weight is 196 g/mol. The molecule has 0 aromatic heterocycles. The molecular formula is C13H24O. The summed E-state index contributed by atoms with van der Waals surface area (Å²) in [7, 11) is 0. The van der Waals surface area contributed by atoms with Crippen molar-refractivity contribution in [3.8, 4) is 0 Å². The Hall–Kier alpha value is -0.0400. The van der Waals surface area contributed by atoms with Crippen molar-refractivity contribution >= 4 is 0 Å². The molecule has 0 bridgehead atoms. The van der Waals surface area contributed by atoms with E-state index >= 15 is 0 Å². The van der Waals surface area contributed by atoms with Crippen LogP contribution < -0.4 is 0 Å². The number of aliphatic hydroxyl groups excluding tert-OH is 1. The van der Waals surface area contributed by atoms with Crippen molar-refractivity contribution in [3.63, 3.8) is 0 Å². The van der Waals surface area contributed by atoms with Crippen LogP contribution in [0.5, 0.6) is 0 Å². The van der Waals surface area contributed by atoms with Gasteiger partial charge in [0, 0.05) is 0 Å². The largest absolute Gasteiger partial charge is 0.393 e. The highest BCUT2D eigenvalue weighted by atomic mass is 16.3. The van der Waals surface area contributed by atoms with Crippen LogP contribution in [0, 0.1) is 11.8 Å². The average Bonchev–Trinajstić information content (AvgIpc) is 2.92. The number of hydrogen-bond donors (Lipinski definition) is 1. The van der Waals surface area contributed by atoms with Crippen LogP contribution in [0.4, 0.5) is 0 Å². The minimum atomic E-state index is 0.0411. The molecule has 0 aromatic rings. The summed E-state index contributed by atoms with van der Waals surface area (Å²) in [5.74, 6) is 1.58. The molecule has 0 spiro atoms. The second-order valence-electron chi connectivity index (χ2n) is 5.28. The fraction of sp³-hybridized carbons (Fsp3) is 1.00. The fourth-order valence-corrected chi connectivity index (χ4v) is 2.93. The van der Waals surface area contributed by atoms with Gasteiger partial charge in [0.05, 0.1) is 6.10 Å². The van der Waals surface area contributed by atoms with Gasteiger partial charge >= 0.3 is 0 Å². The van der Waals surface area contributed by atoms with E-state index in [2.05, 4.69) is 0 Å². The molecule has 1 N–H and O–H groups in total. The van der Waals surface area contributed by atoms with Gasteiger partial charge in [-0.15, -0.1) is 0 Å². The summed E-state index contributed by atoms with van der Waals surface area (Å²) in [6, 6.07) is 0. The van der Waals surface area contributed by atoms with Crippen LogP contribution in [0.15, 0.2) is 0 Å².